The maximum Gasteiger partial charge on any atom is 0.255 e. The second-order valence-corrected chi connectivity index (χ2v) is 7.02. The summed E-state index contributed by atoms with van der Waals surface area (Å²) < 4.78 is 23.9. The van der Waals surface area contributed by atoms with Crippen molar-refractivity contribution in [1.82, 2.24) is 5.32 Å². The average molecular weight is 443 g/mol. The summed E-state index contributed by atoms with van der Waals surface area (Å²) in [5, 5.41) is 3.03. The smallest absolute Gasteiger partial charge is 0.255 e. The second-order valence-electron chi connectivity index (χ2n) is 6.61. The third kappa shape index (κ3) is 5.52. The van der Waals surface area contributed by atoms with Crippen molar-refractivity contribution in [2.45, 2.75) is 6.04 Å². The fourth-order valence-electron chi connectivity index (χ4n) is 3.01. The number of amides is 2. The van der Waals surface area contributed by atoms with Crippen LogP contribution in [0.5, 0.6) is 11.5 Å². The van der Waals surface area contributed by atoms with E-state index in [1.54, 1.807) is 12.1 Å². The lowest BCUT2D eigenvalue weighted by atomic mass is 9.98. The van der Waals surface area contributed by atoms with Gasteiger partial charge in [-0.2, -0.15) is 0 Å². The molecule has 0 aliphatic heterocycles. The van der Waals surface area contributed by atoms with Crippen LogP contribution in [0.3, 0.4) is 0 Å². The van der Waals surface area contributed by atoms with E-state index in [1.165, 1.54) is 31.4 Å². The maximum atomic E-state index is 13.4. The van der Waals surface area contributed by atoms with Gasteiger partial charge >= 0.3 is 0 Å². The molecule has 3 aromatic rings. The Hall–Kier alpha value is -3.58. The fourth-order valence-corrected chi connectivity index (χ4v) is 3.27. The van der Waals surface area contributed by atoms with E-state index in [0.717, 1.165) is 5.56 Å². The number of hydrogen-bond acceptors (Lipinski definition) is 4. The molecule has 3 N–H and O–H groups in total. The molecule has 0 bridgehead atoms. The molecule has 1 atom stereocenters. The van der Waals surface area contributed by atoms with Gasteiger partial charge in [-0.15, -0.1) is 0 Å². The summed E-state index contributed by atoms with van der Waals surface area (Å²) in [4.78, 5) is 24.0. The summed E-state index contributed by atoms with van der Waals surface area (Å²) in [6, 6.07) is 17.5. The van der Waals surface area contributed by atoms with E-state index in [9.17, 15) is 14.0 Å². The van der Waals surface area contributed by atoms with Crippen LogP contribution < -0.4 is 20.5 Å². The topological polar surface area (TPSA) is 90.7 Å². The number of nitrogens with two attached hydrogens (primary N) is 1. The summed E-state index contributed by atoms with van der Waals surface area (Å²) in [5.41, 5.74) is 6.85. The molecule has 3 aromatic carbocycles. The van der Waals surface area contributed by atoms with Gasteiger partial charge in [0, 0.05) is 5.56 Å². The van der Waals surface area contributed by atoms with Crippen LogP contribution in [0.1, 0.15) is 27.5 Å². The van der Waals surface area contributed by atoms with Gasteiger partial charge in [0.25, 0.3) is 11.8 Å². The minimum atomic E-state index is -0.676. The highest BCUT2D eigenvalue weighted by molar-refractivity contribution is 6.32. The predicted octanol–water partition coefficient (Wildman–Crippen LogP) is 3.87. The third-order valence-corrected chi connectivity index (χ3v) is 4.74. The zero-order valence-electron chi connectivity index (χ0n) is 16.6. The van der Waals surface area contributed by atoms with Gasteiger partial charge in [0.15, 0.2) is 18.1 Å². The van der Waals surface area contributed by atoms with Crippen molar-refractivity contribution in [3.63, 3.8) is 0 Å². The molecule has 0 saturated heterocycles. The molecule has 0 spiro atoms. The van der Waals surface area contributed by atoms with Crippen molar-refractivity contribution in [2.24, 2.45) is 5.73 Å². The molecule has 0 fully saturated rings. The van der Waals surface area contributed by atoms with Crippen LogP contribution in [-0.4, -0.2) is 25.5 Å². The van der Waals surface area contributed by atoms with E-state index in [-0.39, 0.29) is 34.5 Å². The molecular formula is C23H20ClFN2O4. The number of hydrogen-bond donors (Lipinski definition) is 2. The lowest BCUT2D eigenvalue weighted by Gasteiger charge is -2.21. The number of carbonyl (C=O) groups excluding carboxylic acids is 2. The lowest BCUT2D eigenvalue weighted by Crippen LogP contribution is -2.29. The van der Waals surface area contributed by atoms with E-state index in [0.29, 0.717) is 5.56 Å². The highest BCUT2D eigenvalue weighted by Crippen LogP contribution is 2.36. The molecule has 0 aliphatic rings. The monoisotopic (exact) mass is 442 g/mol. The summed E-state index contributed by atoms with van der Waals surface area (Å²) in [5.74, 6) is -1.19. The van der Waals surface area contributed by atoms with E-state index >= 15 is 0 Å². The summed E-state index contributed by atoms with van der Waals surface area (Å²) in [6.07, 6.45) is 0. The first-order valence-corrected chi connectivity index (χ1v) is 9.66. The van der Waals surface area contributed by atoms with Crippen LogP contribution in [0, 0.1) is 5.82 Å². The van der Waals surface area contributed by atoms with Crippen molar-refractivity contribution in [2.75, 3.05) is 13.7 Å². The quantitative estimate of drug-likeness (QED) is 0.554. The van der Waals surface area contributed by atoms with Gasteiger partial charge in [0.05, 0.1) is 18.2 Å². The minimum absolute atomic E-state index is 0.0868. The molecule has 8 heteroatoms. The first kappa shape index (κ1) is 22.1. The zero-order chi connectivity index (χ0) is 22.4. The number of methoxy groups -OCH3 is 1. The molecule has 0 aliphatic carbocycles. The molecule has 0 aromatic heterocycles. The normalized spacial score (nSPS) is 11.5. The van der Waals surface area contributed by atoms with Crippen LogP contribution in [0.2, 0.25) is 5.02 Å². The Morgan fingerprint density at radius 2 is 1.71 bits per heavy atom. The fraction of sp³-hybridized carbons (Fsp3) is 0.130. The molecule has 6 nitrogen and oxygen atoms in total. The van der Waals surface area contributed by atoms with Crippen molar-refractivity contribution >= 4 is 23.4 Å². The average Bonchev–Trinajstić information content (AvgIpc) is 2.77. The molecule has 0 heterocycles. The first-order chi connectivity index (χ1) is 14.9. The maximum absolute atomic E-state index is 13.4. The van der Waals surface area contributed by atoms with Gasteiger partial charge in [-0.05, 0) is 35.4 Å². The molecule has 31 heavy (non-hydrogen) atoms. The molecule has 2 amide bonds. The Morgan fingerprint density at radius 3 is 2.32 bits per heavy atom. The Bertz CT molecular complexity index is 1070. The Morgan fingerprint density at radius 1 is 1.06 bits per heavy atom. The highest BCUT2D eigenvalue weighted by Gasteiger charge is 2.21. The number of rotatable bonds is 8. The van der Waals surface area contributed by atoms with E-state index in [1.807, 2.05) is 30.3 Å². The van der Waals surface area contributed by atoms with E-state index in [2.05, 4.69) is 5.32 Å². The van der Waals surface area contributed by atoms with Crippen molar-refractivity contribution in [3.8, 4) is 11.5 Å². The van der Waals surface area contributed by atoms with Crippen LogP contribution in [0.25, 0.3) is 0 Å². The Balaban J connectivity index is 1.92. The molecular weight excluding hydrogens is 423 g/mol. The second kappa shape index (κ2) is 9.95. The van der Waals surface area contributed by atoms with Crippen molar-refractivity contribution in [3.05, 3.63) is 94.3 Å². The number of benzene rings is 3. The van der Waals surface area contributed by atoms with E-state index < -0.39 is 17.9 Å². The highest BCUT2D eigenvalue weighted by atomic mass is 35.5. The molecule has 1 unspecified atom stereocenters. The van der Waals surface area contributed by atoms with Gasteiger partial charge in [0.2, 0.25) is 0 Å². The summed E-state index contributed by atoms with van der Waals surface area (Å²) >= 11 is 6.25. The van der Waals surface area contributed by atoms with Gasteiger partial charge in [-0.3, -0.25) is 9.59 Å². The van der Waals surface area contributed by atoms with Gasteiger partial charge in [0.1, 0.15) is 5.82 Å². The number of primary amides is 1. The third-order valence-electron chi connectivity index (χ3n) is 4.46. The molecule has 0 saturated carbocycles. The first-order valence-electron chi connectivity index (χ1n) is 9.29. The van der Waals surface area contributed by atoms with E-state index in [4.69, 9.17) is 26.8 Å². The largest absolute Gasteiger partial charge is 0.493 e. The Labute approximate surface area is 183 Å². The van der Waals surface area contributed by atoms with Gasteiger partial charge < -0.3 is 20.5 Å². The van der Waals surface area contributed by atoms with Crippen LogP contribution in [0.4, 0.5) is 4.39 Å². The van der Waals surface area contributed by atoms with Crippen LogP contribution >= 0.6 is 11.6 Å². The number of ether oxygens (including phenoxy) is 2. The van der Waals surface area contributed by atoms with Crippen molar-refractivity contribution in [1.29, 1.82) is 0 Å². The summed E-state index contributed by atoms with van der Waals surface area (Å²) in [7, 11) is 1.38. The number of nitrogens with one attached hydrogen (secondary N) is 1. The number of halogens is 2. The van der Waals surface area contributed by atoms with Crippen molar-refractivity contribution < 1.29 is 23.5 Å². The zero-order valence-corrected chi connectivity index (χ0v) is 17.4. The molecule has 0 radical (unpaired) electrons. The minimum Gasteiger partial charge on any atom is -0.493 e. The Kier molecular flexibility index (Phi) is 7.10. The number of carbonyl (C=O) groups is 2. The SMILES string of the molecule is COc1cc(C(=O)NC(c2ccccc2)c2ccc(F)cc2)cc(Cl)c1OCC(N)=O. The standard InChI is InChI=1S/C23H20ClFN2O4/c1-30-19-12-16(11-18(24)22(19)31-13-20(26)28)23(29)27-21(14-5-3-2-4-6-14)15-7-9-17(25)10-8-15/h2-12,21H,13H2,1H3,(H2,26,28)(H,27,29). The van der Waals surface area contributed by atoms with Gasteiger partial charge in [-0.1, -0.05) is 54.1 Å². The lowest BCUT2D eigenvalue weighted by molar-refractivity contribution is -0.119. The van der Waals surface area contributed by atoms with Crippen LogP contribution in [0.15, 0.2) is 66.7 Å². The molecule has 3 rings (SSSR count). The van der Waals surface area contributed by atoms with Crippen LogP contribution in [-0.2, 0) is 4.79 Å². The molecule has 160 valence electrons. The van der Waals surface area contributed by atoms with Gasteiger partial charge in [-0.25, -0.2) is 4.39 Å². The summed E-state index contributed by atoms with van der Waals surface area (Å²) in [6.45, 7) is -0.387. The predicted molar refractivity (Wildman–Crippen MR) is 115 cm³/mol.